The molecule has 1 saturated carbocycles. The van der Waals surface area contributed by atoms with E-state index in [4.69, 9.17) is 0 Å². The number of hydrogen-bond acceptors (Lipinski definition) is 6. The van der Waals surface area contributed by atoms with Crippen LogP contribution in [0.5, 0.6) is 0 Å². The van der Waals surface area contributed by atoms with Crippen molar-refractivity contribution in [3.8, 4) is 11.4 Å². The molecule has 0 N–H and O–H groups in total. The molecule has 7 nitrogen and oxygen atoms in total. The summed E-state index contributed by atoms with van der Waals surface area (Å²) in [5, 5.41) is 0. The summed E-state index contributed by atoms with van der Waals surface area (Å²) < 4.78 is 1.56. The van der Waals surface area contributed by atoms with E-state index in [1.165, 1.54) is 18.8 Å². The summed E-state index contributed by atoms with van der Waals surface area (Å²) in [6, 6.07) is 3.23. The Bertz CT molecular complexity index is 860. The fraction of sp³-hybridized carbons (Fsp3) is 0.526. The van der Waals surface area contributed by atoms with Gasteiger partial charge in [-0.2, -0.15) is 0 Å². The Morgan fingerprint density at radius 3 is 2.65 bits per heavy atom. The van der Waals surface area contributed by atoms with E-state index < -0.39 is 0 Å². The van der Waals surface area contributed by atoms with E-state index >= 15 is 0 Å². The van der Waals surface area contributed by atoms with Gasteiger partial charge in [0.2, 0.25) is 5.95 Å². The summed E-state index contributed by atoms with van der Waals surface area (Å²) in [7, 11) is 1.73. The molecule has 136 valence electrons. The Kier molecular flexibility index (Phi) is 4.53. The Hall–Kier alpha value is -2.57. The Morgan fingerprint density at radius 1 is 1.15 bits per heavy atom. The van der Waals surface area contributed by atoms with Gasteiger partial charge in [-0.25, -0.2) is 15.0 Å². The van der Waals surface area contributed by atoms with Crippen molar-refractivity contribution in [2.24, 2.45) is 18.9 Å². The zero-order valence-electron chi connectivity index (χ0n) is 15.0. The van der Waals surface area contributed by atoms with Crippen LogP contribution in [0.2, 0.25) is 0 Å². The normalized spacial score (nSPS) is 20.7. The van der Waals surface area contributed by atoms with Gasteiger partial charge in [0.05, 0.1) is 11.4 Å². The minimum atomic E-state index is -0.129. The summed E-state index contributed by atoms with van der Waals surface area (Å²) in [6.07, 6.45) is 8.20. The van der Waals surface area contributed by atoms with Crippen molar-refractivity contribution >= 4 is 11.7 Å². The fourth-order valence-corrected chi connectivity index (χ4v) is 3.80. The van der Waals surface area contributed by atoms with Gasteiger partial charge in [-0.3, -0.25) is 14.2 Å². The Labute approximate surface area is 152 Å². The molecular formula is C19H23N5O2. The van der Waals surface area contributed by atoms with Crippen molar-refractivity contribution in [1.29, 1.82) is 0 Å². The van der Waals surface area contributed by atoms with E-state index in [9.17, 15) is 9.59 Å². The monoisotopic (exact) mass is 353 g/mol. The van der Waals surface area contributed by atoms with Gasteiger partial charge in [-0.15, -0.1) is 0 Å². The average molecular weight is 353 g/mol. The highest BCUT2D eigenvalue weighted by molar-refractivity contribution is 5.84. The highest BCUT2D eigenvalue weighted by Crippen LogP contribution is 2.33. The number of carbonyl (C=O) groups excluding carboxylic acids is 1. The minimum absolute atomic E-state index is 0.0497. The van der Waals surface area contributed by atoms with Crippen LogP contribution in [0.1, 0.15) is 32.1 Å². The first-order chi connectivity index (χ1) is 12.6. The van der Waals surface area contributed by atoms with Crippen molar-refractivity contribution in [3.63, 3.8) is 0 Å². The molecule has 1 atom stereocenters. The van der Waals surface area contributed by atoms with Gasteiger partial charge >= 0.3 is 0 Å². The second kappa shape index (κ2) is 6.97. The third-order valence-corrected chi connectivity index (χ3v) is 5.57. The van der Waals surface area contributed by atoms with Crippen LogP contribution < -0.4 is 10.5 Å². The molecule has 26 heavy (non-hydrogen) atoms. The molecule has 1 unspecified atom stereocenters. The van der Waals surface area contributed by atoms with Gasteiger partial charge in [0, 0.05) is 44.2 Å². The van der Waals surface area contributed by atoms with E-state index in [1.54, 1.807) is 23.9 Å². The first-order valence-electron chi connectivity index (χ1n) is 9.26. The third kappa shape index (κ3) is 3.13. The smallest absolute Gasteiger partial charge is 0.255 e. The molecule has 0 amide bonds. The molecule has 0 spiro atoms. The third-order valence-electron chi connectivity index (χ3n) is 5.57. The van der Waals surface area contributed by atoms with Crippen molar-refractivity contribution in [3.05, 3.63) is 35.0 Å². The van der Waals surface area contributed by atoms with E-state index in [-0.39, 0.29) is 17.4 Å². The van der Waals surface area contributed by atoms with Crippen LogP contribution in [0.25, 0.3) is 11.4 Å². The molecule has 3 heterocycles. The highest BCUT2D eigenvalue weighted by Gasteiger charge is 2.34. The van der Waals surface area contributed by atoms with Crippen LogP contribution >= 0.6 is 0 Å². The van der Waals surface area contributed by atoms with Crippen LogP contribution in [-0.2, 0) is 11.8 Å². The van der Waals surface area contributed by atoms with Crippen molar-refractivity contribution < 1.29 is 4.79 Å². The number of rotatable bonds is 4. The molecular weight excluding hydrogens is 330 g/mol. The molecule has 2 fully saturated rings. The lowest BCUT2D eigenvalue weighted by molar-refractivity contribution is -0.129. The molecule has 0 aromatic carbocycles. The molecule has 2 aromatic heterocycles. The number of hydrogen-bond donors (Lipinski definition) is 0. The SMILES string of the molecule is Cn1c(N2CCCC(C(=O)C3CCC3)C2)nc(-c2ccncn2)cc1=O. The largest absolute Gasteiger partial charge is 0.341 e. The number of carbonyl (C=O) groups is 1. The van der Waals surface area contributed by atoms with Gasteiger partial charge in [0.15, 0.2) is 0 Å². The summed E-state index contributed by atoms with van der Waals surface area (Å²) in [4.78, 5) is 40.0. The van der Waals surface area contributed by atoms with Crippen LogP contribution in [0.4, 0.5) is 5.95 Å². The lowest BCUT2D eigenvalue weighted by Crippen LogP contribution is -2.44. The lowest BCUT2D eigenvalue weighted by Gasteiger charge is -2.36. The molecule has 4 rings (SSSR count). The Morgan fingerprint density at radius 2 is 1.96 bits per heavy atom. The Balaban J connectivity index is 1.63. The lowest BCUT2D eigenvalue weighted by atomic mass is 9.76. The predicted octanol–water partition coefficient (Wildman–Crippen LogP) is 1.82. The maximum atomic E-state index is 12.7. The number of anilines is 1. The van der Waals surface area contributed by atoms with Gasteiger partial charge in [0.25, 0.3) is 5.56 Å². The van der Waals surface area contributed by atoms with Gasteiger partial charge in [0.1, 0.15) is 12.1 Å². The molecule has 1 aliphatic heterocycles. The molecule has 2 aliphatic rings. The first kappa shape index (κ1) is 16.9. The summed E-state index contributed by atoms with van der Waals surface area (Å²) in [5.41, 5.74) is 1.03. The molecule has 0 bridgehead atoms. The molecule has 7 heteroatoms. The minimum Gasteiger partial charge on any atom is -0.341 e. The summed E-state index contributed by atoms with van der Waals surface area (Å²) in [6.45, 7) is 1.45. The molecule has 1 aliphatic carbocycles. The van der Waals surface area contributed by atoms with Crippen LogP contribution in [0.15, 0.2) is 29.5 Å². The zero-order chi connectivity index (χ0) is 18.1. The second-order valence-corrected chi connectivity index (χ2v) is 7.25. The maximum absolute atomic E-state index is 12.7. The molecule has 2 aromatic rings. The summed E-state index contributed by atoms with van der Waals surface area (Å²) in [5.74, 6) is 1.31. The fourth-order valence-electron chi connectivity index (χ4n) is 3.80. The van der Waals surface area contributed by atoms with Crippen LogP contribution in [-0.4, -0.2) is 38.4 Å². The van der Waals surface area contributed by atoms with Gasteiger partial charge in [-0.05, 0) is 31.7 Å². The standard InChI is InChI=1S/C19H23N5O2/c1-23-17(25)10-16(15-7-8-20-12-21-15)22-19(23)24-9-3-6-14(11-24)18(26)13-4-2-5-13/h7-8,10,12-14H,2-6,9,11H2,1H3. The average Bonchev–Trinajstić information content (AvgIpc) is 2.63. The van der Waals surface area contributed by atoms with Crippen molar-refractivity contribution in [2.75, 3.05) is 18.0 Å². The highest BCUT2D eigenvalue weighted by atomic mass is 16.1. The first-order valence-corrected chi connectivity index (χ1v) is 9.26. The van der Waals surface area contributed by atoms with Crippen molar-refractivity contribution in [2.45, 2.75) is 32.1 Å². The van der Waals surface area contributed by atoms with Gasteiger partial charge in [-0.1, -0.05) is 6.42 Å². The van der Waals surface area contributed by atoms with E-state index in [1.807, 2.05) is 0 Å². The molecule has 1 saturated heterocycles. The topological polar surface area (TPSA) is 81.0 Å². The number of Topliss-reactive ketones (excluding diaryl/α,β-unsaturated/α-hetero) is 1. The van der Waals surface area contributed by atoms with Crippen LogP contribution in [0, 0.1) is 11.8 Å². The van der Waals surface area contributed by atoms with E-state index in [0.717, 1.165) is 32.2 Å². The number of nitrogens with zero attached hydrogens (tertiary/aromatic N) is 5. The van der Waals surface area contributed by atoms with Crippen LogP contribution in [0.3, 0.4) is 0 Å². The number of aromatic nitrogens is 4. The predicted molar refractivity (Wildman–Crippen MR) is 97.8 cm³/mol. The second-order valence-electron chi connectivity index (χ2n) is 7.25. The van der Waals surface area contributed by atoms with Gasteiger partial charge < -0.3 is 4.90 Å². The number of piperidine rings is 1. The zero-order valence-corrected chi connectivity index (χ0v) is 15.0. The van der Waals surface area contributed by atoms with E-state index in [2.05, 4.69) is 19.9 Å². The quantitative estimate of drug-likeness (QED) is 0.834. The number of ketones is 1. The molecule has 0 radical (unpaired) electrons. The maximum Gasteiger partial charge on any atom is 0.255 e. The van der Waals surface area contributed by atoms with E-state index in [0.29, 0.717) is 29.7 Å². The van der Waals surface area contributed by atoms with Crippen molar-refractivity contribution in [1.82, 2.24) is 19.5 Å². The summed E-state index contributed by atoms with van der Waals surface area (Å²) >= 11 is 0.